The van der Waals surface area contributed by atoms with Crippen LogP contribution in [0, 0.1) is 10.1 Å². The van der Waals surface area contributed by atoms with E-state index >= 15 is 0 Å². The van der Waals surface area contributed by atoms with Gasteiger partial charge in [0.25, 0.3) is 5.69 Å². The Morgan fingerprint density at radius 3 is 2.74 bits per heavy atom. The molecule has 0 saturated heterocycles. The van der Waals surface area contributed by atoms with Crippen molar-refractivity contribution in [2.75, 3.05) is 7.05 Å². The number of ether oxygens (including phenoxy) is 1. The molecule has 23 heavy (non-hydrogen) atoms. The number of aromatic hydroxyl groups is 1. The van der Waals surface area contributed by atoms with Crippen molar-refractivity contribution in [2.24, 2.45) is 0 Å². The maximum Gasteiger partial charge on any atom is 0.415 e. The zero-order valence-corrected chi connectivity index (χ0v) is 12.9. The maximum absolute atomic E-state index is 12.0. The van der Waals surface area contributed by atoms with Crippen LogP contribution in [0.4, 0.5) is 10.5 Å². The molecule has 0 aliphatic carbocycles. The predicted octanol–water partition coefficient (Wildman–Crippen LogP) is 3.58. The smallest absolute Gasteiger partial charge is 0.415 e. The van der Waals surface area contributed by atoms with E-state index in [1.54, 1.807) is 18.2 Å². The zero-order chi connectivity index (χ0) is 17.0. The van der Waals surface area contributed by atoms with Crippen molar-refractivity contribution in [2.45, 2.75) is 6.54 Å². The molecular weight excluding hydrogens is 324 g/mol. The van der Waals surface area contributed by atoms with Crippen LogP contribution in [-0.4, -0.2) is 28.1 Å². The fourth-order valence-electron chi connectivity index (χ4n) is 1.84. The van der Waals surface area contributed by atoms with Crippen LogP contribution in [0.1, 0.15) is 5.56 Å². The average Bonchev–Trinajstić information content (AvgIpc) is 2.49. The summed E-state index contributed by atoms with van der Waals surface area (Å²) in [6.45, 7) is -0.0487. The fourth-order valence-corrected chi connectivity index (χ4v) is 2.02. The van der Waals surface area contributed by atoms with Gasteiger partial charge in [-0.1, -0.05) is 17.7 Å². The highest BCUT2D eigenvalue weighted by atomic mass is 35.5. The molecule has 0 aliphatic rings. The number of benzene rings is 2. The highest BCUT2D eigenvalue weighted by molar-refractivity contribution is 6.30. The van der Waals surface area contributed by atoms with Gasteiger partial charge < -0.3 is 14.7 Å². The van der Waals surface area contributed by atoms with Crippen molar-refractivity contribution in [3.8, 4) is 11.5 Å². The maximum atomic E-state index is 12.0. The minimum atomic E-state index is -0.682. The van der Waals surface area contributed by atoms with E-state index < -0.39 is 11.0 Å². The van der Waals surface area contributed by atoms with Gasteiger partial charge in [-0.25, -0.2) is 4.79 Å². The Balaban J connectivity index is 2.09. The van der Waals surface area contributed by atoms with Crippen molar-refractivity contribution < 1.29 is 19.6 Å². The Hall–Kier alpha value is -2.80. The molecule has 1 N–H and O–H groups in total. The molecule has 120 valence electrons. The first kappa shape index (κ1) is 16.6. The van der Waals surface area contributed by atoms with Crippen molar-refractivity contribution >= 4 is 23.4 Å². The Morgan fingerprint density at radius 2 is 2.09 bits per heavy atom. The molecule has 7 nitrogen and oxygen atoms in total. The van der Waals surface area contributed by atoms with E-state index in [-0.39, 0.29) is 29.3 Å². The SMILES string of the molecule is CN(Cc1cc([N+](=O)[O-])ccc1O)C(=O)Oc1cccc(Cl)c1. The monoisotopic (exact) mass is 336 g/mol. The number of phenolic OH excluding ortho intramolecular Hbond substituents is 1. The van der Waals surface area contributed by atoms with Gasteiger partial charge in [-0.2, -0.15) is 0 Å². The summed E-state index contributed by atoms with van der Waals surface area (Å²) in [6.07, 6.45) is -0.682. The summed E-state index contributed by atoms with van der Waals surface area (Å²) in [4.78, 5) is 23.4. The topological polar surface area (TPSA) is 92.9 Å². The van der Waals surface area contributed by atoms with Gasteiger partial charge in [-0.05, 0) is 24.3 Å². The van der Waals surface area contributed by atoms with Crippen molar-refractivity contribution in [3.05, 3.63) is 63.2 Å². The molecule has 0 atom stereocenters. The van der Waals surface area contributed by atoms with Gasteiger partial charge in [0, 0.05) is 29.8 Å². The minimum absolute atomic E-state index is 0.0487. The molecule has 0 spiro atoms. The Morgan fingerprint density at radius 1 is 1.35 bits per heavy atom. The summed E-state index contributed by atoms with van der Waals surface area (Å²) in [5, 5.41) is 20.9. The molecule has 0 aromatic heterocycles. The van der Waals surface area contributed by atoms with Gasteiger partial charge in [-0.15, -0.1) is 0 Å². The van der Waals surface area contributed by atoms with E-state index in [1.807, 2.05) is 0 Å². The molecule has 1 amide bonds. The van der Waals surface area contributed by atoms with E-state index in [0.717, 1.165) is 0 Å². The number of hydrogen-bond donors (Lipinski definition) is 1. The predicted molar refractivity (Wildman–Crippen MR) is 83.7 cm³/mol. The fraction of sp³-hybridized carbons (Fsp3) is 0.133. The third kappa shape index (κ3) is 4.33. The molecule has 0 aliphatic heterocycles. The number of halogens is 1. The number of non-ortho nitro benzene ring substituents is 1. The molecule has 0 radical (unpaired) electrons. The molecule has 0 fully saturated rings. The van der Waals surface area contributed by atoms with Crippen LogP contribution in [0.15, 0.2) is 42.5 Å². The third-order valence-electron chi connectivity index (χ3n) is 2.99. The number of carbonyl (C=O) groups excluding carboxylic acids is 1. The van der Waals surface area contributed by atoms with Gasteiger partial charge in [0.1, 0.15) is 11.5 Å². The summed E-state index contributed by atoms with van der Waals surface area (Å²) in [5.41, 5.74) is 0.0687. The first-order valence-electron chi connectivity index (χ1n) is 6.51. The first-order valence-corrected chi connectivity index (χ1v) is 6.89. The standard InChI is InChI=1S/C15H13ClN2O5/c1-17(15(20)23-13-4-2-3-11(16)8-13)9-10-7-12(18(21)22)5-6-14(10)19/h2-8,19H,9H2,1H3. The number of carbonyl (C=O) groups is 1. The van der Waals surface area contributed by atoms with E-state index in [2.05, 4.69) is 0 Å². The summed E-state index contributed by atoms with van der Waals surface area (Å²) in [5.74, 6) is 0.135. The Labute approximate surface area is 136 Å². The van der Waals surface area contributed by atoms with E-state index in [0.29, 0.717) is 5.02 Å². The second-order valence-electron chi connectivity index (χ2n) is 4.75. The van der Waals surface area contributed by atoms with Crippen molar-refractivity contribution in [1.29, 1.82) is 0 Å². The van der Waals surface area contributed by atoms with Crippen LogP contribution in [0.3, 0.4) is 0 Å². The molecule has 0 bridgehead atoms. The molecular formula is C15H13ClN2O5. The molecule has 8 heteroatoms. The number of rotatable bonds is 4. The van der Waals surface area contributed by atoms with Crippen LogP contribution in [0.2, 0.25) is 5.02 Å². The third-order valence-corrected chi connectivity index (χ3v) is 3.23. The van der Waals surface area contributed by atoms with E-state index in [9.17, 15) is 20.0 Å². The van der Waals surface area contributed by atoms with Gasteiger partial charge in [0.15, 0.2) is 0 Å². The van der Waals surface area contributed by atoms with E-state index in [1.165, 1.54) is 36.2 Å². The number of amides is 1. The molecule has 0 unspecified atom stereocenters. The van der Waals surface area contributed by atoms with Gasteiger partial charge >= 0.3 is 6.09 Å². The van der Waals surface area contributed by atoms with Gasteiger partial charge in [0.05, 0.1) is 11.5 Å². The van der Waals surface area contributed by atoms with Crippen LogP contribution in [-0.2, 0) is 6.54 Å². The lowest BCUT2D eigenvalue weighted by Gasteiger charge is -2.17. The van der Waals surface area contributed by atoms with Crippen LogP contribution in [0.5, 0.6) is 11.5 Å². The number of hydrogen-bond acceptors (Lipinski definition) is 5. The van der Waals surface area contributed by atoms with Crippen molar-refractivity contribution in [3.63, 3.8) is 0 Å². The lowest BCUT2D eigenvalue weighted by molar-refractivity contribution is -0.385. The second-order valence-corrected chi connectivity index (χ2v) is 5.19. The lowest BCUT2D eigenvalue weighted by Crippen LogP contribution is -2.29. The minimum Gasteiger partial charge on any atom is -0.508 e. The average molecular weight is 337 g/mol. The normalized spacial score (nSPS) is 10.2. The van der Waals surface area contributed by atoms with Gasteiger partial charge in [-0.3, -0.25) is 10.1 Å². The van der Waals surface area contributed by atoms with E-state index in [4.69, 9.17) is 16.3 Å². The van der Waals surface area contributed by atoms with Crippen LogP contribution >= 0.6 is 11.6 Å². The summed E-state index contributed by atoms with van der Waals surface area (Å²) < 4.78 is 5.13. The molecule has 2 rings (SSSR count). The molecule has 2 aromatic carbocycles. The summed E-state index contributed by atoms with van der Waals surface area (Å²) in [7, 11) is 1.45. The molecule has 2 aromatic rings. The first-order chi connectivity index (χ1) is 10.9. The largest absolute Gasteiger partial charge is 0.508 e. The Bertz CT molecular complexity index is 750. The van der Waals surface area contributed by atoms with Crippen LogP contribution in [0.25, 0.3) is 0 Å². The van der Waals surface area contributed by atoms with Gasteiger partial charge in [0.2, 0.25) is 0 Å². The number of nitro benzene ring substituents is 1. The number of nitro groups is 1. The highest BCUT2D eigenvalue weighted by Crippen LogP contribution is 2.24. The number of phenols is 1. The molecule has 0 saturated carbocycles. The summed E-state index contributed by atoms with van der Waals surface area (Å²) in [6, 6.07) is 9.94. The Kier molecular flexibility index (Phi) is 5.02. The zero-order valence-electron chi connectivity index (χ0n) is 12.1. The quantitative estimate of drug-likeness (QED) is 0.680. The second kappa shape index (κ2) is 6.97. The summed E-state index contributed by atoms with van der Waals surface area (Å²) >= 11 is 5.80. The van der Waals surface area contributed by atoms with Crippen LogP contribution < -0.4 is 4.74 Å². The highest BCUT2D eigenvalue weighted by Gasteiger charge is 2.16. The lowest BCUT2D eigenvalue weighted by atomic mass is 10.1. The molecule has 0 heterocycles. The van der Waals surface area contributed by atoms with Crippen molar-refractivity contribution in [1.82, 2.24) is 4.90 Å². The number of nitrogens with zero attached hydrogens (tertiary/aromatic N) is 2.